The molecule has 0 atom stereocenters. The lowest BCUT2D eigenvalue weighted by atomic mass is 10.2. The van der Waals surface area contributed by atoms with E-state index in [4.69, 9.17) is 11.6 Å². The van der Waals surface area contributed by atoms with Crippen molar-refractivity contribution in [1.82, 2.24) is 9.97 Å². The molecule has 14 heavy (non-hydrogen) atoms. The highest BCUT2D eigenvalue weighted by atomic mass is 35.5. The van der Waals surface area contributed by atoms with Gasteiger partial charge >= 0.3 is 0 Å². The summed E-state index contributed by atoms with van der Waals surface area (Å²) in [6, 6.07) is 6.28. The van der Waals surface area contributed by atoms with E-state index in [2.05, 4.69) is 9.97 Å². The van der Waals surface area contributed by atoms with Gasteiger partial charge in [0.05, 0.1) is 10.7 Å². The largest absolute Gasteiger partial charge is 0.263 e. The quantitative estimate of drug-likeness (QED) is 0.674. The standard InChI is InChI=1S/C10H6ClFN2/c11-8-6-13-5-4-7(8)9-2-1-3-10(12)14-9/h1-6H. The molecule has 2 rings (SSSR count). The van der Waals surface area contributed by atoms with Crippen LogP contribution >= 0.6 is 11.6 Å². The van der Waals surface area contributed by atoms with Gasteiger partial charge in [0.25, 0.3) is 0 Å². The van der Waals surface area contributed by atoms with Crippen molar-refractivity contribution in [3.05, 3.63) is 47.6 Å². The van der Waals surface area contributed by atoms with Gasteiger partial charge in [-0.3, -0.25) is 4.98 Å². The third-order valence-corrected chi connectivity index (χ3v) is 2.06. The van der Waals surface area contributed by atoms with Gasteiger partial charge in [0.15, 0.2) is 0 Å². The van der Waals surface area contributed by atoms with Crippen LogP contribution in [0.3, 0.4) is 0 Å². The van der Waals surface area contributed by atoms with Gasteiger partial charge < -0.3 is 0 Å². The number of hydrogen-bond donors (Lipinski definition) is 0. The topological polar surface area (TPSA) is 25.8 Å². The van der Waals surface area contributed by atoms with Crippen LogP contribution in [0.4, 0.5) is 4.39 Å². The van der Waals surface area contributed by atoms with Crippen molar-refractivity contribution in [3.8, 4) is 11.3 Å². The number of pyridine rings is 2. The van der Waals surface area contributed by atoms with E-state index in [9.17, 15) is 4.39 Å². The molecule has 2 aromatic heterocycles. The summed E-state index contributed by atoms with van der Waals surface area (Å²) in [4.78, 5) is 7.56. The van der Waals surface area contributed by atoms with Crippen molar-refractivity contribution < 1.29 is 4.39 Å². The van der Waals surface area contributed by atoms with Crippen LogP contribution in [0.1, 0.15) is 0 Å². The fraction of sp³-hybridized carbons (Fsp3) is 0. The van der Waals surface area contributed by atoms with Crippen molar-refractivity contribution in [3.63, 3.8) is 0 Å². The molecule has 0 saturated carbocycles. The van der Waals surface area contributed by atoms with Gasteiger partial charge in [-0.2, -0.15) is 4.39 Å². The maximum atomic E-state index is 12.8. The third kappa shape index (κ3) is 1.72. The Bertz CT molecular complexity index is 459. The Morgan fingerprint density at radius 2 is 2.07 bits per heavy atom. The molecule has 0 aliphatic rings. The predicted octanol–water partition coefficient (Wildman–Crippen LogP) is 2.94. The molecule has 0 fully saturated rings. The zero-order chi connectivity index (χ0) is 9.97. The van der Waals surface area contributed by atoms with E-state index in [1.807, 2.05) is 0 Å². The van der Waals surface area contributed by atoms with E-state index >= 15 is 0 Å². The Morgan fingerprint density at radius 1 is 1.21 bits per heavy atom. The summed E-state index contributed by atoms with van der Waals surface area (Å²) in [5.74, 6) is -0.518. The lowest BCUT2D eigenvalue weighted by Crippen LogP contribution is -1.88. The monoisotopic (exact) mass is 208 g/mol. The maximum Gasteiger partial charge on any atom is 0.213 e. The highest BCUT2D eigenvalue weighted by molar-refractivity contribution is 6.33. The minimum atomic E-state index is -0.518. The summed E-state index contributed by atoms with van der Waals surface area (Å²) >= 11 is 5.89. The maximum absolute atomic E-state index is 12.8. The van der Waals surface area contributed by atoms with E-state index < -0.39 is 5.95 Å². The number of halogens is 2. The summed E-state index contributed by atoms with van der Waals surface area (Å²) in [5.41, 5.74) is 1.19. The number of rotatable bonds is 1. The van der Waals surface area contributed by atoms with Crippen LogP contribution in [0.5, 0.6) is 0 Å². The zero-order valence-electron chi connectivity index (χ0n) is 7.11. The summed E-state index contributed by atoms with van der Waals surface area (Å²) in [7, 11) is 0. The smallest absolute Gasteiger partial charge is 0.213 e. The van der Waals surface area contributed by atoms with Crippen LogP contribution in [0.25, 0.3) is 11.3 Å². The molecule has 0 unspecified atom stereocenters. The van der Waals surface area contributed by atoms with Crippen LogP contribution in [-0.4, -0.2) is 9.97 Å². The molecule has 70 valence electrons. The highest BCUT2D eigenvalue weighted by Crippen LogP contribution is 2.24. The molecule has 2 nitrogen and oxygen atoms in total. The van der Waals surface area contributed by atoms with Crippen molar-refractivity contribution in [2.24, 2.45) is 0 Å². The summed E-state index contributed by atoms with van der Waals surface area (Å²) in [6.07, 6.45) is 3.09. The SMILES string of the molecule is Fc1cccc(-c2ccncc2Cl)n1. The predicted molar refractivity (Wildman–Crippen MR) is 52.4 cm³/mol. The van der Waals surface area contributed by atoms with E-state index in [1.165, 1.54) is 12.3 Å². The van der Waals surface area contributed by atoms with E-state index in [0.29, 0.717) is 16.3 Å². The fourth-order valence-electron chi connectivity index (χ4n) is 1.14. The first-order valence-corrected chi connectivity index (χ1v) is 4.37. The molecule has 2 heterocycles. The van der Waals surface area contributed by atoms with Crippen molar-refractivity contribution in [2.45, 2.75) is 0 Å². The van der Waals surface area contributed by atoms with Crippen LogP contribution < -0.4 is 0 Å². The Labute approximate surface area is 85.4 Å². The number of hydrogen-bond acceptors (Lipinski definition) is 2. The second kappa shape index (κ2) is 3.72. The number of aromatic nitrogens is 2. The Hall–Kier alpha value is -1.48. The van der Waals surface area contributed by atoms with Gasteiger partial charge in [0, 0.05) is 18.0 Å². The molecule has 0 amide bonds. The normalized spacial score (nSPS) is 10.1. The number of nitrogens with zero attached hydrogens (tertiary/aromatic N) is 2. The summed E-state index contributed by atoms with van der Waals surface area (Å²) in [6.45, 7) is 0. The Morgan fingerprint density at radius 3 is 2.79 bits per heavy atom. The van der Waals surface area contributed by atoms with Crippen LogP contribution in [-0.2, 0) is 0 Å². The van der Waals surface area contributed by atoms with Crippen molar-refractivity contribution in [1.29, 1.82) is 0 Å². The van der Waals surface area contributed by atoms with Crippen molar-refractivity contribution in [2.75, 3.05) is 0 Å². The van der Waals surface area contributed by atoms with Crippen molar-refractivity contribution >= 4 is 11.6 Å². The first-order chi connectivity index (χ1) is 6.77. The van der Waals surface area contributed by atoms with Gasteiger partial charge in [-0.1, -0.05) is 17.7 Å². The molecule has 2 aromatic rings. The molecule has 0 aliphatic carbocycles. The van der Waals surface area contributed by atoms with Crippen LogP contribution in [0.2, 0.25) is 5.02 Å². The summed E-state index contributed by atoms with van der Waals surface area (Å²) in [5, 5.41) is 0.464. The van der Waals surface area contributed by atoms with Crippen LogP contribution in [0, 0.1) is 5.95 Å². The lowest BCUT2D eigenvalue weighted by molar-refractivity contribution is 0.585. The van der Waals surface area contributed by atoms with Gasteiger partial charge in [-0.15, -0.1) is 0 Å². The first kappa shape index (κ1) is 9.09. The molecule has 0 aliphatic heterocycles. The average molecular weight is 209 g/mol. The van der Waals surface area contributed by atoms with Gasteiger partial charge in [-0.25, -0.2) is 4.98 Å². The highest BCUT2D eigenvalue weighted by Gasteiger charge is 2.04. The lowest BCUT2D eigenvalue weighted by Gasteiger charge is -2.01. The van der Waals surface area contributed by atoms with E-state index in [1.54, 1.807) is 24.4 Å². The van der Waals surface area contributed by atoms with Gasteiger partial charge in [-0.05, 0) is 18.2 Å². The van der Waals surface area contributed by atoms with E-state index in [0.717, 1.165) is 0 Å². The molecule has 0 aromatic carbocycles. The minimum Gasteiger partial charge on any atom is -0.263 e. The molecule has 0 spiro atoms. The van der Waals surface area contributed by atoms with Gasteiger partial charge in [0.2, 0.25) is 5.95 Å². The molecule has 0 saturated heterocycles. The minimum absolute atomic E-state index is 0.464. The molecule has 4 heteroatoms. The molecule has 0 bridgehead atoms. The molecular formula is C10H6ClFN2. The average Bonchev–Trinajstić information content (AvgIpc) is 2.18. The second-order valence-corrected chi connectivity index (χ2v) is 3.11. The Balaban J connectivity index is 2.55. The third-order valence-electron chi connectivity index (χ3n) is 1.76. The Kier molecular flexibility index (Phi) is 2.41. The summed E-state index contributed by atoms with van der Waals surface area (Å²) < 4.78 is 12.8. The van der Waals surface area contributed by atoms with E-state index in [-0.39, 0.29) is 0 Å². The molecular weight excluding hydrogens is 203 g/mol. The zero-order valence-corrected chi connectivity index (χ0v) is 7.87. The molecule has 0 N–H and O–H groups in total. The molecule has 0 radical (unpaired) electrons. The fourth-order valence-corrected chi connectivity index (χ4v) is 1.36. The van der Waals surface area contributed by atoms with Crippen LogP contribution in [0.15, 0.2) is 36.7 Å². The van der Waals surface area contributed by atoms with Gasteiger partial charge in [0.1, 0.15) is 0 Å². The first-order valence-electron chi connectivity index (χ1n) is 4.00. The second-order valence-electron chi connectivity index (χ2n) is 2.70.